The summed E-state index contributed by atoms with van der Waals surface area (Å²) < 4.78 is 1.14. The molecule has 56 valence electrons. The highest BCUT2D eigenvalue weighted by Gasteiger charge is 2.08. The third-order valence-corrected chi connectivity index (χ3v) is 3.70. The van der Waals surface area contributed by atoms with Gasteiger partial charge in [-0.1, -0.05) is 0 Å². The smallest absolute Gasteiger partial charge is 0.0661 e. The molecule has 1 atom stereocenters. The zero-order chi connectivity index (χ0) is 7.72. The predicted molar refractivity (Wildman–Crippen MR) is 51.0 cm³/mol. The van der Waals surface area contributed by atoms with Gasteiger partial charge in [-0.2, -0.15) is 0 Å². The summed E-state index contributed by atoms with van der Waals surface area (Å²) in [5.41, 5.74) is 0. The zero-order valence-corrected chi connectivity index (χ0v) is 8.98. The molecule has 0 saturated carbocycles. The lowest BCUT2D eigenvalue weighted by Gasteiger charge is -1.97. The van der Waals surface area contributed by atoms with Gasteiger partial charge >= 0.3 is 0 Å². The van der Waals surface area contributed by atoms with Gasteiger partial charge in [-0.25, -0.2) is 0 Å². The molecule has 0 fully saturated rings. The van der Waals surface area contributed by atoms with Gasteiger partial charge in [-0.15, -0.1) is 22.9 Å². The molecule has 1 heterocycles. The van der Waals surface area contributed by atoms with Gasteiger partial charge in [-0.3, -0.25) is 0 Å². The summed E-state index contributed by atoms with van der Waals surface area (Å²) in [6.07, 6.45) is 0. The minimum atomic E-state index is 0.119. The summed E-state index contributed by atoms with van der Waals surface area (Å²) in [6.45, 7) is 4.07. The van der Waals surface area contributed by atoms with Crippen LogP contribution >= 0.6 is 38.9 Å². The molecule has 0 aromatic carbocycles. The van der Waals surface area contributed by atoms with E-state index in [9.17, 15) is 0 Å². The van der Waals surface area contributed by atoms with Crippen LogP contribution in [0.4, 0.5) is 0 Å². The Bertz CT molecular complexity index is 230. The molecule has 0 N–H and O–H groups in total. The summed E-state index contributed by atoms with van der Waals surface area (Å²) in [7, 11) is 0. The fraction of sp³-hybridized carbons (Fsp3) is 0.429. The Balaban J connectivity index is 3.03. The summed E-state index contributed by atoms with van der Waals surface area (Å²) >= 11 is 11.1. The first-order valence-corrected chi connectivity index (χ1v) is 5.05. The van der Waals surface area contributed by atoms with E-state index in [1.165, 1.54) is 9.75 Å². The normalized spacial score (nSPS) is 13.6. The minimum absolute atomic E-state index is 0.119. The lowest BCUT2D eigenvalue weighted by molar-refractivity contribution is 1.12. The molecule has 0 aliphatic carbocycles. The lowest BCUT2D eigenvalue weighted by Crippen LogP contribution is -1.76. The van der Waals surface area contributed by atoms with E-state index in [1.54, 1.807) is 11.3 Å². The van der Waals surface area contributed by atoms with Gasteiger partial charge in [0.25, 0.3) is 0 Å². The summed E-state index contributed by atoms with van der Waals surface area (Å²) in [6, 6.07) is 2.10. The zero-order valence-electron chi connectivity index (χ0n) is 5.82. The molecule has 3 heteroatoms. The Morgan fingerprint density at radius 3 is 2.50 bits per heavy atom. The molecule has 10 heavy (non-hydrogen) atoms. The third kappa shape index (κ3) is 1.74. The summed E-state index contributed by atoms with van der Waals surface area (Å²) in [4.78, 5) is 2.52. The molecule has 1 unspecified atom stereocenters. The Morgan fingerprint density at radius 1 is 1.70 bits per heavy atom. The van der Waals surface area contributed by atoms with Gasteiger partial charge < -0.3 is 0 Å². The van der Waals surface area contributed by atoms with E-state index in [4.69, 9.17) is 11.6 Å². The van der Waals surface area contributed by atoms with Crippen molar-refractivity contribution in [2.75, 3.05) is 0 Å². The van der Waals surface area contributed by atoms with Crippen molar-refractivity contribution >= 4 is 38.9 Å². The van der Waals surface area contributed by atoms with Gasteiger partial charge in [0.05, 0.1) is 5.38 Å². The van der Waals surface area contributed by atoms with Crippen LogP contribution in [-0.2, 0) is 0 Å². The molecule has 0 saturated heterocycles. The van der Waals surface area contributed by atoms with Crippen LogP contribution in [0.2, 0.25) is 0 Å². The van der Waals surface area contributed by atoms with E-state index in [2.05, 4.69) is 28.9 Å². The van der Waals surface area contributed by atoms with Gasteiger partial charge in [0.1, 0.15) is 0 Å². The first-order valence-electron chi connectivity index (χ1n) is 3.01. The number of hydrogen-bond acceptors (Lipinski definition) is 1. The van der Waals surface area contributed by atoms with E-state index in [0.29, 0.717) is 0 Å². The molecular formula is C7H8BrClS. The summed E-state index contributed by atoms with van der Waals surface area (Å²) in [5.74, 6) is 0. The second-order valence-corrected chi connectivity index (χ2v) is 4.98. The standard InChI is InChI=1S/C7H8BrClS/c1-4-3-6(8)7(10-4)5(2)9/h3,5H,1-2H3. The number of halogens is 2. The van der Waals surface area contributed by atoms with Crippen molar-refractivity contribution in [2.24, 2.45) is 0 Å². The van der Waals surface area contributed by atoms with Gasteiger partial charge in [0.2, 0.25) is 0 Å². The lowest BCUT2D eigenvalue weighted by atomic mass is 10.4. The van der Waals surface area contributed by atoms with E-state index < -0.39 is 0 Å². The molecule has 1 rings (SSSR count). The Hall–Kier alpha value is 0.470. The Labute approximate surface area is 78.3 Å². The van der Waals surface area contributed by atoms with Crippen LogP contribution in [0.3, 0.4) is 0 Å². The molecule has 0 aliphatic heterocycles. The van der Waals surface area contributed by atoms with Crippen LogP contribution in [0.25, 0.3) is 0 Å². The second-order valence-electron chi connectivity index (χ2n) is 2.19. The average molecular weight is 240 g/mol. The number of alkyl halides is 1. The number of rotatable bonds is 1. The van der Waals surface area contributed by atoms with Crippen LogP contribution < -0.4 is 0 Å². The van der Waals surface area contributed by atoms with Crippen LogP contribution in [0.15, 0.2) is 10.5 Å². The molecule has 0 aliphatic rings. The van der Waals surface area contributed by atoms with Crippen molar-refractivity contribution in [1.29, 1.82) is 0 Å². The van der Waals surface area contributed by atoms with Crippen LogP contribution in [0.5, 0.6) is 0 Å². The van der Waals surface area contributed by atoms with Crippen molar-refractivity contribution in [3.63, 3.8) is 0 Å². The number of aryl methyl sites for hydroxylation is 1. The van der Waals surface area contributed by atoms with Crippen molar-refractivity contribution in [3.05, 3.63) is 20.3 Å². The van der Waals surface area contributed by atoms with Gasteiger partial charge in [-0.05, 0) is 35.8 Å². The molecule has 0 nitrogen and oxygen atoms in total. The monoisotopic (exact) mass is 238 g/mol. The fourth-order valence-corrected chi connectivity index (χ4v) is 3.08. The van der Waals surface area contributed by atoms with Gasteiger partial charge in [0.15, 0.2) is 0 Å². The highest BCUT2D eigenvalue weighted by molar-refractivity contribution is 9.10. The van der Waals surface area contributed by atoms with E-state index >= 15 is 0 Å². The van der Waals surface area contributed by atoms with Crippen molar-refractivity contribution in [1.82, 2.24) is 0 Å². The third-order valence-electron chi connectivity index (χ3n) is 1.20. The molecule has 1 aromatic rings. The molecule has 0 bridgehead atoms. The van der Waals surface area contributed by atoms with Gasteiger partial charge in [0, 0.05) is 14.2 Å². The maximum atomic E-state index is 5.90. The van der Waals surface area contributed by atoms with Crippen molar-refractivity contribution < 1.29 is 0 Å². The Morgan fingerprint density at radius 2 is 2.30 bits per heavy atom. The molecule has 0 radical (unpaired) electrons. The van der Waals surface area contributed by atoms with Crippen molar-refractivity contribution in [2.45, 2.75) is 19.2 Å². The van der Waals surface area contributed by atoms with Crippen LogP contribution in [0.1, 0.15) is 22.1 Å². The SMILES string of the molecule is Cc1cc(Br)c(C(C)Cl)s1. The molecule has 1 aromatic heterocycles. The van der Waals surface area contributed by atoms with Crippen LogP contribution in [-0.4, -0.2) is 0 Å². The molecular weight excluding hydrogens is 232 g/mol. The maximum Gasteiger partial charge on any atom is 0.0661 e. The highest BCUT2D eigenvalue weighted by Crippen LogP contribution is 2.34. The quantitative estimate of drug-likeness (QED) is 0.647. The second kappa shape index (κ2) is 3.24. The van der Waals surface area contributed by atoms with Crippen LogP contribution in [0, 0.1) is 6.92 Å². The van der Waals surface area contributed by atoms with Crippen molar-refractivity contribution in [3.8, 4) is 0 Å². The average Bonchev–Trinajstić information content (AvgIpc) is 2.10. The Kier molecular flexibility index (Phi) is 2.78. The summed E-state index contributed by atoms with van der Waals surface area (Å²) in [5, 5.41) is 0.119. The number of hydrogen-bond donors (Lipinski definition) is 0. The first-order chi connectivity index (χ1) is 4.61. The maximum absolute atomic E-state index is 5.90. The van der Waals surface area contributed by atoms with E-state index in [0.717, 1.165) is 4.47 Å². The largest absolute Gasteiger partial charge is 0.143 e. The highest BCUT2D eigenvalue weighted by atomic mass is 79.9. The van der Waals surface area contributed by atoms with E-state index in [1.807, 2.05) is 6.92 Å². The predicted octanol–water partition coefficient (Wildman–Crippen LogP) is 4.12. The molecule has 0 spiro atoms. The minimum Gasteiger partial charge on any atom is -0.143 e. The fourth-order valence-electron chi connectivity index (χ4n) is 0.772. The van der Waals surface area contributed by atoms with E-state index in [-0.39, 0.29) is 5.38 Å². The molecule has 0 amide bonds. The number of thiophene rings is 1. The topological polar surface area (TPSA) is 0 Å². The first kappa shape index (κ1) is 8.57.